The predicted molar refractivity (Wildman–Crippen MR) is 214 cm³/mol. The van der Waals surface area contributed by atoms with Gasteiger partial charge in [0.25, 0.3) is 11.8 Å². The molecule has 2 aromatic carbocycles. The van der Waals surface area contributed by atoms with Gasteiger partial charge in [-0.15, -0.1) is 0 Å². The lowest BCUT2D eigenvalue weighted by molar-refractivity contribution is -0.145. The molecule has 0 heterocycles. The van der Waals surface area contributed by atoms with Crippen molar-refractivity contribution in [2.24, 2.45) is 35.1 Å². The zero-order valence-corrected chi connectivity index (χ0v) is 32.9. The van der Waals surface area contributed by atoms with Crippen LogP contribution in [0, 0.1) is 47.4 Å². The average Bonchev–Trinajstić information content (AvgIpc) is 3.19. The highest BCUT2D eigenvalue weighted by atomic mass is 16.4. The summed E-state index contributed by atoms with van der Waals surface area (Å²) in [6.07, 6.45) is 1.65. The van der Waals surface area contributed by atoms with Crippen molar-refractivity contribution in [2.75, 3.05) is 0 Å². The Morgan fingerprint density at radius 2 is 0.968 bits per heavy atom. The highest BCUT2D eigenvalue weighted by Crippen LogP contribution is 2.53. The Kier molecular flexibility index (Phi) is 9.92. The topological polar surface area (TPSA) is 316 Å². The number of unbranched alkanes of at least 4 members (excludes halogenated alkanes) is 3. The SMILES string of the molecule is NC(=O)C1=C(O)C[C@@H]2C[C@@H]3Cc4c(C#CCCCCC#Cc5ccc(O)c6c5C[C@H]5C[C@H]7CC(O)=C(C(N)=O)C(=O)[C@@]7(O)C(O)=C5C6=O)ccc(O)c4C(=O)C3=C(O)[C@]2(O)C1=O. The summed E-state index contributed by atoms with van der Waals surface area (Å²) in [5.74, 6) is -1.84. The van der Waals surface area contributed by atoms with E-state index in [4.69, 9.17) is 11.5 Å². The highest BCUT2D eigenvalue weighted by molar-refractivity contribution is 6.25. The van der Waals surface area contributed by atoms with E-state index in [2.05, 4.69) is 23.7 Å². The molecule has 0 spiro atoms. The number of hydrogen-bond donors (Lipinski definition) is 10. The molecule has 0 saturated carbocycles. The van der Waals surface area contributed by atoms with Crippen LogP contribution in [0.4, 0.5) is 0 Å². The molecule has 12 N–H and O–H groups in total. The molecule has 0 radical (unpaired) electrons. The molecular weight excluding hydrogens is 805 g/mol. The molecule has 0 fully saturated rings. The van der Waals surface area contributed by atoms with E-state index in [1.54, 1.807) is 12.1 Å². The van der Waals surface area contributed by atoms with Crippen molar-refractivity contribution < 1.29 is 69.6 Å². The number of allylic oxidation sites excluding steroid dienone is 4. The van der Waals surface area contributed by atoms with Crippen molar-refractivity contribution in [1.29, 1.82) is 0 Å². The van der Waals surface area contributed by atoms with Crippen LogP contribution in [0.15, 0.2) is 69.6 Å². The summed E-state index contributed by atoms with van der Waals surface area (Å²) in [5.41, 5.74) is 4.51. The molecule has 318 valence electrons. The summed E-state index contributed by atoms with van der Waals surface area (Å²) in [6, 6.07) is 5.71. The molecule has 6 aliphatic rings. The quantitative estimate of drug-likeness (QED) is 0.118. The molecule has 0 aromatic heterocycles. The highest BCUT2D eigenvalue weighted by Gasteiger charge is 2.61. The summed E-state index contributed by atoms with van der Waals surface area (Å²) in [6.45, 7) is 0. The lowest BCUT2D eigenvalue weighted by Crippen LogP contribution is -2.57. The average molecular weight is 845 g/mol. The van der Waals surface area contributed by atoms with Crippen molar-refractivity contribution in [3.05, 3.63) is 103 Å². The minimum absolute atomic E-state index is 0.00541. The zero-order chi connectivity index (χ0) is 44.7. The fourth-order valence-corrected chi connectivity index (χ4v) is 10.2. The second-order valence-electron chi connectivity index (χ2n) is 16.6. The largest absolute Gasteiger partial charge is 0.511 e. The summed E-state index contributed by atoms with van der Waals surface area (Å²) in [7, 11) is 0. The Morgan fingerprint density at radius 1 is 0.597 bits per heavy atom. The van der Waals surface area contributed by atoms with E-state index in [1.807, 2.05) is 0 Å². The molecule has 0 aliphatic heterocycles. The van der Waals surface area contributed by atoms with Gasteiger partial charge in [-0.05, 0) is 85.8 Å². The van der Waals surface area contributed by atoms with Gasteiger partial charge < -0.3 is 52.3 Å². The van der Waals surface area contributed by atoms with Gasteiger partial charge in [0.15, 0.2) is 22.8 Å². The number of aliphatic hydroxyl groups excluding tert-OH is 4. The van der Waals surface area contributed by atoms with Crippen molar-refractivity contribution in [1.82, 2.24) is 0 Å². The Morgan fingerprint density at radius 3 is 1.32 bits per heavy atom. The van der Waals surface area contributed by atoms with Crippen LogP contribution in [0.3, 0.4) is 0 Å². The number of carbonyl (C=O) groups excluding carboxylic acids is 6. The molecule has 8 rings (SSSR count). The predicted octanol–water partition coefficient (Wildman–Crippen LogP) is 2.44. The van der Waals surface area contributed by atoms with Crippen LogP contribution in [-0.2, 0) is 32.0 Å². The van der Waals surface area contributed by atoms with Crippen molar-refractivity contribution >= 4 is 34.9 Å². The van der Waals surface area contributed by atoms with Gasteiger partial charge in [-0.25, -0.2) is 0 Å². The summed E-state index contributed by atoms with van der Waals surface area (Å²) in [4.78, 5) is 77.8. The van der Waals surface area contributed by atoms with Crippen molar-refractivity contribution in [3.63, 3.8) is 0 Å². The van der Waals surface area contributed by atoms with Crippen LogP contribution in [0.25, 0.3) is 0 Å². The third-order valence-electron chi connectivity index (χ3n) is 13.2. The molecule has 0 bridgehead atoms. The van der Waals surface area contributed by atoms with Crippen LogP contribution < -0.4 is 11.5 Å². The molecule has 2 amide bonds. The summed E-state index contributed by atoms with van der Waals surface area (Å²) >= 11 is 0. The first kappa shape index (κ1) is 41.6. The summed E-state index contributed by atoms with van der Waals surface area (Å²) < 4.78 is 0. The van der Waals surface area contributed by atoms with Gasteiger partial charge in [-0.3, -0.25) is 28.8 Å². The monoisotopic (exact) mass is 844 g/mol. The van der Waals surface area contributed by atoms with Crippen molar-refractivity contribution in [2.45, 2.75) is 75.4 Å². The van der Waals surface area contributed by atoms with Gasteiger partial charge in [0.1, 0.15) is 45.7 Å². The number of benzene rings is 2. The number of primary amides is 2. The van der Waals surface area contributed by atoms with Gasteiger partial charge in [0.05, 0.1) is 11.1 Å². The van der Waals surface area contributed by atoms with Crippen LogP contribution in [0.2, 0.25) is 0 Å². The normalized spacial score (nSPS) is 27.5. The van der Waals surface area contributed by atoms with E-state index in [9.17, 15) is 69.6 Å². The fourth-order valence-electron chi connectivity index (χ4n) is 10.2. The first-order valence-electron chi connectivity index (χ1n) is 20.0. The van der Waals surface area contributed by atoms with Gasteiger partial charge >= 0.3 is 0 Å². The van der Waals surface area contributed by atoms with Crippen molar-refractivity contribution in [3.8, 4) is 35.2 Å². The van der Waals surface area contributed by atoms with Gasteiger partial charge in [0, 0.05) is 59.8 Å². The first-order valence-corrected chi connectivity index (χ1v) is 20.0. The third kappa shape index (κ3) is 6.01. The number of phenols is 2. The maximum absolute atomic E-state index is 13.8. The molecule has 0 unspecified atom stereocenters. The van der Waals surface area contributed by atoms with E-state index >= 15 is 0 Å². The second kappa shape index (κ2) is 14.8. The lowest BCUT2D eigenvalue weighted by Gasteiger charge is -2.45. The van der Waals surface area contributed by atoms with Crippen LogP contribution in [0.5, 0.6) is 11.5 Å². The zero-order valence-electron chi connectivity index (χ0n) is 32.9. The standard InChI is InChI=1S/C46H40N2O14/c47-43(59)35-29(51)17-23-13-21-15-25-19(9-11-27(49)33(25)37(53)31(21)39(55)45(23,61)41(35)57)7-5-3-1-2-4-6-8-20-10-12-28(50)34-26(20)16-22-14-24-18-30(52)36(44(48)60)42(58)46(24,62)40(56)32(22)38(34)54/h9-12,21-24,49-52,55-56,61-62H,1-4,13-18H2,(H2,47,59)(H2,48,60)/t21-,22-,23+,24+,45+,46+/m1/s1. The number of phenolic OH excluding ortho intramolecular Hbond substituents is 2. The van der Waals surface area contributed by atoms with Gasteiger partial charge in [-0.1, -0.05) is 23.7 Å². The Hall–Kier alpha value is -7.14. The Labute approximate surface area is 352 Å². The molecule has 16 heteroatoms. The molecule has 6 aliphatic carbocycles. The third-order valence-corrected chi connectivity index (χ3v) is 13.2. The van der Waals surface area contributed by atoms with E-state index < -0.39 is 104 Å². The first-order chi connectivity index (χ1) is 29.3. The molecule has 2 aromatic rings. The Bertz CT molecular complexity index is 2580. The number of Topliss-reactive ketones (excluding diaryl/α,β-unsaturated/α-hetero) is 4. The molecule has 0 saturated heterocycles. The Balaban J connectivity index is 0.953. The van der Waals surface area contributed by atoms with Crippen LogP contribution in [0.1, 0.15) is 94.3 Å². The number of amides is 2. The van der Waals surface area contributed by atoms with E-state index in [-0.39, 0.29) is 72.3 Å². The van der Waals surface area contributed by atoms with Gasteiger partial charge in [0.2, 0.25) is 11.6 Å². The van der Waals surface area contributed by atoms with E-state index in [1.165, 1.54) is 12.1 Å². The molecule has 6 atom stereocenters. The minimum Gasteiger partial charge on any atom is -0.511 e. The van der Waals surface area contributed by atoms with Crippen LogP contribution >= 0.6 is 0 Å². The number of carbonyl (C=O) groups is 6. The number of hydrogen-bond acceptors (Lipinski definition) is 14. The number of rotatable bonds is 5. The maximum atomic E-state index is 13.8. The number of aliphatic hydroxyl groups is 6. The fraction of sp³-hybridized carbons (Fsp3) is 0.348. The number of ketones is 4. The summed E-state index contributed by atoms with van der Waals surface area (Å²) in [5, 5.41) is 87.7. The second-order valence-corrected chi connectivity index (χ2v) is 16.6. The molecule has 62 heavy (non-hydrogen) atoms. The van der Waals surface area contributed by atoms with E-state index in [0.717, 1.165) is 0 Å². The minimum atomic E-state index is -2.66. The van der Waals surface area contributed by atoms with E-state index in [0.29, 0.717) is 47.9 Å². The number of nitrogens with two attached hydrogens (primary N) is 2. The molecular formula is C46H40N2O14. The number of aromatic hydroxyl groups is 2. The lowest BCUT2D eigenvalue weighted by atomic mass is 9.60. The number of fused-ring (bicyclic) bond motifs is 6. The van der Waals surface area contributed by atoms with Gasteiger partial charge in [-0.2, -0.15) is 0 Å². The molecule has 16 nitrogen and oxygen atoms in total. The maximum Gasteiger partial charge on any atom is 0.255 e. The van der Waals surface area contributed by atoms with Crippen LogP contribution in [-0.4, -0.2) is 87.0 Å². The smallest absolute Gasteiger partial charge is 0.255 e.